The van der Waals surface area contributed by atoms with Crippen LogP contribution in [-0.2, 0) is 0 Å². The van der Waals surface area contributed by atoms with Crippen molar-refractivity contribution in [2.75, 3.05) is 5.32 Å². The number of Topliss-reactive ketones (excluding diaryl/α,β-unsaturated/α-hetero) is 2. The van der Waals surface area contributed by atoms with E-state index in [0.29, 0.717) is 16.8 Å². The molecule has 0 bridgehead atoms. The molecule has 2 aromatic rings. The van der Waals surface area contributed by atoms with Gasteiger partial charge in [-0.05, 0) is 19.1 Å². The highest BCUT2D eigenvalue weighted by Gasteiger charge is 2.49. The molecule has 1 N–H and O–H groups in total. The van der Waals surface area contributed by atoms with E-state index in [9.17, 15) is 19.7 Å². The van der Waals surface area contributed by atoms with Crippen LogP contribution in [0.25, 0.3) is 0 Å². The fraction of sp³-hybridized carbons (Fsp3) is 0.125. The van der Waals surface area contributed by atoms with Gasteiger partial charge in [0.25, 0.3) is 5.69 Å². The van der Waals surface area contributed by atoms with Crippen LogP contribution in [0.1, 0.15) is 27.6 Å². The quantitative estimate of drug-likeness (QED) is 0.534. The van der Waals surface area contributed by atoms with Crippen LogP contribution in [0.15, 0.2) is 48.5 Å². The first-order valence-corrected chi connectivity index (χ1v) is 6.65. The molecule has 1 aliphatic carbocycles. The molecule has 0 radical (unpaired) electrons. The van der Waals surface area contributed by atoms with Crippen molar-refractivity contribution in [3.63, 3.8) is 0 Å². The molecule has 0 unspecified atom stereocenters. The summed E-state index contributed by atoms with van der Waals surface area (Å²) in [6.45, 7) is 1.53. The Morgan fingerprint density at radius 1 is 0.955 bits per heavy atom. The normalized spacial score (nSPS) is 15.5. The number of hydrogen-bond acceptors (Lipinski definition) is 5. The van der Waals surface area contributed by atoms with E-state index in [2.05, 4.69) is 5.32 Å². The Labute approximate surface area is 125 Å². The van der Waals surface area contributed by atoms with Gasteiger partial charge in [-0.1, -0.05) is 24.3 Å². The second kappa shape index (κ2) is 4.77. The summed E-state index contributed by atoms with van der Waals surface area (Å²) < 4.78 is 0. The van der Waals surface area contributed by atoms with Crippen molar-refractivity contribution in [1.82, 2.24) is 0 Å². The molecule has 3 rings (SSSR count). The molecule has 0 aromatic heterocycles. The Hall–Kier alpha value is -3.02. The zero-order chi connectivity index (χ0) is 15.9. The van der Waals surface area contributed by atoms with Crippen molar-refractivity contribution in [3.8, 4) is 0 Å². The number of nitrogens with one attached hydrogen (secondary N) is 1. The largest absolute Gasteiger partial charge is 0.366 e. The van der Waals surface area contributed by atoms with Crippen LogP contribution in [0.3, 0.4) is 0 Å². The molecule has 22 heavy (non-hydrogen) atoms. The summed E-state index contributed by atoms with van der Waals surface area (Å²) in [5, 5.41) is 13.6. The first-order valence-electron chi connectivity index (χ1n) is 6.65. The van der Waals surface area contributed by atoms with Crippen LogP contribution in [0.5, 0.6) is 0 Å². The van der Waals surface area contributed by atoms with Crippen LogP contribution in [0, 0.1) is 10.1 Å². The van der Waals surface area contributed by atoms with Crippen LogP contribution in [0.4, 0.5) is 11.4 Å². The number of hydrogen-bond donors (Lipinski definition) is 1. The minimum Gasteiger partial charge on any atom is -0.366 e. The molecule has 110 valence electrons. The number of non-ortho nitro benzene ring substituents is 1. The predicted octanol–water partition coefficient (Wildman–Crippen LogP) is 2.84. The first kappa shape index (κ1) is 13.9. The van der Waals surface area contributed by atoms with Crippen molar-refractivity contribution in [2.45, 2.75) is 12.5 Å². The smallest absolute Gasteiger partial charge is 0.269 e. The Balaban J connectivity index is 1.94. The number of nitrogens with zero attached hydrogens (tertiary/aromatic N) is 1. The summed E-state index contributed by atoms with van der Waals surface area (Å²) >= 11 is 0. The third-order valence-corrected chi connectivity index (χ3v) is 3.80. The molecule has 0 atom stereocenters. The number of benzene rings is 2. The average Bonchev–Trinajstić information content (AvgIpc) is 2.70. The lowest BCUT2D eigenvalue weighted by Crippen LogP contribution is -2.45. The van der Waals surface area contributed by atoms with E-state index in [-0.39, 0.29) is 17.3 Å². The van der Waals surface area contributed by atoms with Crippen molar-refractivity contribution < 1.29 is 14.5 Å². The molecule has 0 aliphatic heterocycles. The molecule has 6 heteroatoms. The average molecular weight is 296 g/mol. The van der Waals surface area contributed by atoms with E-state index in [4.69, 9.17) is 0 Å². The number of nitro groups is 1. The maximum absolute atomic E-state index is 12.5. The third kappa shape index (κ3) is 1.96. The van der Waals surface area contributed by atoms with E-state index in [1.165, 1.54) is 31.2 Å². The molecule has 0 saturated carbocycles. The highest BCUT2D eigenvalue weighted by molar-refractivity contribution is 6.34. The molecule has 0 amide bonds. The van der Waals surface area contributed by atoms with Crippen LogP contribution < -0.4 is 5.32 Å². The second-order valence-electron chi connectivity index (χ2n) is 5.26. The lowest BCUT2D eigenvalue weighted by molar-refractivity contribution is -0.384. The Morgan fingerprint density at radius 2 is 1.45 bits per heavy atom. The molecule has 0 heterocycles. The maximum Gasteiger partial charge on any atom is 0.269 e. The molecular formula is C16H12N2O4. The van der Waals surface area contributed by atoms with Crippen molar-refractivity contribution in [2.24, 2.45) is 0 Å². The van der Waals surface area contributed by atoms with Crippen molar-refractivity contribution >= 4 is 22.9 Å². The molecule has 0 spiro atoms. The van der Waals surface area contributed by atoms with Gasteiger partial charge < -0.3 is 5.32 Å². The number of carbonyl (C=O) groups is 2. The van der Waals surface area contributed by atoms with Crippen molar-refractivity contribution in [3.05, 3.63) is 69.8 Å². The van der Waals surface area contributed by atoms with Gasteiger partial charge in [0, 0.05) is 28.9 Å². The summed E-state index contributed by atoms with van der Waals surface area (Å²) in [5.74, 6) is -0.599. The van der Waals surface area contributed by atoms with E-state index >= 15 is 0 Å². The highest BCUT2D eigenvalue weighted by Crippen LogP contribution is 2.33. The number of fused-ring (bicyclic) bond motifs is 1. The Morgan fingerprint density at radius 3 is 1.91 bits per heavy atom. The summed E-state index contributed by atoms with van der Waals surface area (Å²) in [6.07, 6.45) is 0. The van der Waals surface area contributed by atoms with Crippen LogP contribution >= 0.6 is 0 Å². The van der Waals surface area contributed by atoms with Gasteiger partial charge in [-0.15, -0.1) is 0 Å². The standard InChI is InChI=1S/C16H12N2O4/c1-16(17-10-6-8-11(9-7-10)18(21)22)14(19)12-4-2-3-5-13(12)15(16)20/h2-9,17H,1H3. The second-order valence-corrected chi connectivity index (χ2v) is 5.26. The zero-order valence-electron chi connectivity index (χ0n) is 11.7. The minimum absolute atomic E-state index is 0.0527. The van der Waals surface area contributed by atoms with Gasteiger partial charge in [-0.3, -0.25) is 19.7 Å². The number of rotatable bonds is 3. The number of ketones is 2. The van der Waals surface area contributed by atoms with Gasteiger partial charge in [0.05, 0.1) is 4.92 Å². The van der Waals surface area contributed by atoms with Gasteiger partial charge in [0.1, 0.15) is 0 Å². The molecule has 2 aromatic carbocycles. The van der Waals surface area contributed by atoms with E-state index in [1.54, 1.807) is 24.3 Å². The highest BCUT2D eigenvalue weighted by atomic mass is 16.6. The molecule has 0 saturated heterocycles. The molecule has 6 nitrogen and oxygen atoms in total. The van der Waals surface area contributed by atoms with Crippen molar-refractivity contribution in [1.29, 1.82) is 0 Å². The lowest BCUT2D eigenvalue weighted by atomic mass is 9.95. The first-order chi connectivity index (χ1) is 10.4. The summed E-state index contributed by atoms with van der Waals surface area (Å²) in [7, 11) is 0. The fourth-order valence-corrected chi connectivity index (χ4v) is 2.59. The molecular weight excluding hydrogens is 284 g/mol. The molecule has 0 fully saturated rings. The van der Waals surface area contributed by atoms with Gasteiger partial charge in [0.2, 0.25) is 0 Å². The van der Waals surface area contributed by atoms with E-state index in [1.807, 2.05) is 0 Å². The fourth-order valence-electron chi connectivity index (χ4n) is 2.59. The van der Waals surface area contributed by atoms with Gasteiger partial charge >= 0.3 is 0 Å². The van der Waals surface area contributed by atoms with Gasteiger partial charge in [-0.2, -0.15) is 0 Å². The topological polar surface area (TPSA) is 89.3 Å². The van der Waals surface area contributed by atoms with Crippen LogP contribution in [0.2, 0.25) is 0 Å². The number of nitro benzene ring substituents is 1. The monoisotopic (exact) mass is 296 g/mol. The van der Waals surface area contributed by atoms with Gasteiger partial charge in [0.15, 0.2) is 17.1 Å². The van der Waals surface area contributed by atoms with Crippen LogP contribution in [-0.4, -0.2) is 22.0 Å². The zero-order valence-corrected chi connectivity index (χ0v) is 11.7. The Kier molecular flexibility index (Phi) is 3.02. The van der Waals surface area contributed by atoms with E-state index in [0.717, 1.165) is 0 Å². The predicted molar refractivity (Wildman–Crippen MR) is 80.2 cm³/mol. The number of carbonyl (C=O) groups excluding carboxylic acids is 2. The number of anilines is 1. The van der Waals surface area contributed by atoms with E-state index < -0.39 is 10.5 Å². The Bertz CT molecular complexity index is 761. The lowest BCUT2D eigenvalue weighted by Gasteiger charge is -2.23. The SMILES string of the molecule is CC1(Nc2ccc([N+](=O)[O-])cc2)C(=O)c2ccccc2C1=O. The summed E-state index contributed by atoms with van der Waals surface area (Å²) in [6, 6.07) is 12.3. The maximum atomic E-state index is 12.5. The molecule has 1 aliphatic rings. The minimum atomic E-state index is -1.39. The third-order valence-electron chi connectivity index (χ3n) is 3.80. The van der Waals surface area contributed by atoms with Gasteiger partial charge in [-0.25, -0.2) is 0 Å². The summed E-state index contributed by atoms with van der Waals surface area (Å²) in [4.78, 5) is 35.2. The summed E-state index contributed by atoms with van der Waals surface area (Å²) in [5.41, 5.74) is -0.181.